The highest BCUT2D eigenvalue weighted by molar-refractivity contribution is 5.84. The van der Waals surface area contributed by atoms with Gasteiger partial charge in [0.1, 0.15) is 0 Å². The van der Waals surface area contributed by atoms with E-state index in [0.717, 1.165) is 37.0 Å². The van der Waals surface area contributed by atoms with Crippen LogP contribution in [-0.4, -0.2) is 28.5 Å². The Balaban J connectivity index is 1.53. The summed E-state index contributed by atoms with van der Waals surface area (Å²) in [6, 6.07) is 10.2. The Labute approximate surface area is 211 Å². The SMILES string of the molecule is Cn1c(=O)oc2ccc(CN(Cc3cc(C#N)cc(C(F)(F)F)c3)C(=O)C3(CC4CC4)CCNC3)cc21. The molecule has 194 valence electrons. The molecule has 2 fully saturated rings. The van der Waals surface area contributed by atoms with Gasteiger partial charge in [0.2, 0.25) is 5.91 Å². The summed E-state index contributed by atoms with van der Waals surface area (Å²) in [6.45, 7) is 1.29. The van der Waals surface area contributed by atoms with Gasteiger partial charge in [-0.25, -0.2) is 4.79 Å². The molecule has 37 heavy (non-hydrogen) atoms. The molecule has 0 radical (unpaired) electrons. The number of nitrogens with zero attached hydrogens (tertiary/aromatic N) is 3. The molecule has 2 aromatic carbocycles. The van der Waals surface area contributed by atoms with E-state index in [0.29, 0.717) is 36.5 Å². The van der Waals surface area contributed by atoms with Crippen molar-refractivity contribution in [1.82, 2.24) is 14.8 Å². The van der Waals surface area contributed by atoms with Gasteiger partial charge in [-0.15, -0.1) is 0 Å². The normalized spacial score (nSPS) is 19.8. The van der Waals surface area contributed by atoms with E-state index in [1.54, 1.807) is 36.2 Å². The Hall–Kier alpha value is -3.58. The number of hydrogen-bond acceptors (Lipinski definition) is 5. The maximum atomic E-state index is 14.1. The van der Waals surface area contributed by atoms with E-state index >= 15 is 0 Å². The molecule has 0 bridgehead atoms. The van der Waals surface area contributed by atoms with Crippen LogP contribution < -0.4 is 11.1 Å². The van der Waals surface area contributed by atoms with E-state index < -0.39 is 22.9 Å². The number of hydrogen-bond donors (Lipinski definition) is 1. The molecule has 1 N–H and O–H groups in total. The van der Waals surface area contributed by atoms with Crippen molar-refractivity contribution in [3.05, 3.63) is 69.2 Å². The molecule has 1 aliphatic carbocycles. The van der Waals surface area contributed by atoms with Crippen LogP contribution in [0.5, 0.6) is 0 Å². The Morgan fingerprint density at radius 2 is 1.97 bits per heavy atom. The first-order valence-electron chi connectivity index (χ1n) is 12.3. The Bertz CT molecular complexity index is 1440. The van der Waals surface area contributed by atoms with Crippen molar-refractivity contribution in [3.8, 4) is 6.07 Å². The number of oxazole rings is 1. The van der Waals surface area contributed by atoms with E-state index in [4.69, 9.17) is 4.42 Å². The number of nitriles is 1. The predicted octanol–water partition coefficient (Wildman–Crippen LogP) is 4.33. The van der Waals surface area contributed by atoms with Gasteiger partial charge in [-0.1, -0.05) is 18.9 Å². The summed E-state index contributed by atoms with van der Waals surface area (Å²) < 4.78 is 47.2. The molecule has 10 heteroatoms. The molecule has 1 aliphatic heterocycles. The quantitative estimate of drug-likeness (QED) is 0.509. The number of halogens is 3. The van der Waals surface area contributed by atoms with Crippen LogP contribution in [0.3, 0.4) is 0 Å². The second kappa shape index (κ2) is 9.38. The van der Waals surface area contributed by atoms with Crippen LogP contribution in [0.1, 0.15) is 47.9 Å². The van der Waals surface area contributed by atoms with Crippen molar-refractivity contribution in [3.63, 3.8) is 0 Å². The molecule has 5 rings (SSSR count). The minimum atomic E-state index is -4.61. The number of carbonyl (C=O) groups excluding carboxylic acids is 1. The summed E-state index contributed by atoms with van der Waals surface area (Å²) >= 11 is 0. The fourth-order valence-corrected chi connectivity index (χ4v) is 5.32. The lowest BCUT2D eigenvalue weighted by Gasteiger charge is -2.34. The molecule has 1 unspecified atom stereocenters. The van der Waals surface area contributed by atoms with Crippen LogP contribution in [-0.2, 0) is 31.1 Å². The number of aromatic nitrogens is 1. The van der Waals surface area contributed by atoms with Gasteiger partial charge in [-0.2, -0.15) is 18.4 Å². The number of amides is 1. The zero-order chi connectivity index (χ0) is 26.4. The standard InChI is InChI=1S/C27H27F3N4O3/c1-33-22-11-18(4-5-23(22)37-25(33)36)14-34(24(35)26(6-7-32-16-26)12-17-2-3-17)15-20-8-19(13-31)9-21(10-20)27(28,29)30/h4-5,8-11,17,32H,2-3,6-7,12,14-16H2,1H3. The van der Waals surface area contributed by atoms with Gasteiger partial charge >= 0.3 is 11.9 Å². The lowest BCUT2D eigenvalue weighted by Crippen LogP contribution is -2.45. The topological polar surface area (TPSA) is 91.3 Å². The summed E-state index contributed by atoms with van der Waals surface area (Å²) in [6.07, 6.45) is -1.04. The number of alkyl halides is 3. The largest absolute Gasteiger partial charge is 0.419 e. The van der Waals surface area contributed by atoms with Gasteiger partial charge in [-0.3, -0.25) is 9.36 Å². The number of nitrogens with one attached hydrogen (secondary N) is 1. The van der Waals surface area contributed by atoms with Gasteiger partial charge in [0, 0.05) is 26.7 Å². The first-order valence-corrected chi connectivity index (χ1v) is 12.3. The van der Waals surface area contributed by atoms with Crippen LogP contribution in [0.15, 0.2) is 45.6 Å². The Morgan fingerprint density at radius 3 is 2.62 bits per heavy atom. The van der Waals surface area contributed by atoms with Gasteiger partial charge in [-0.05, 0) is 66.8 Å². The fourth-order valence-electron chi connectivity index (χ4n) is 5.32. The van der Waals surface area contributed by atoms with E-state index in [1.807, 2.05) is 0 Å². The smallest absolute Gasteiger partial charge is 0.408 e. The van der Waals surface area contributed by atoms with Crippen LogP contribution in [0.2, 0.25) is 0 Å². The molecule has 1 saturated carbocycles. The third-order valence-electron chi connectivity index (χ3n) is 7.41. The summed E-state index contributed by atoms with van der Waals surface area (Å²) in [4.78, 5) is 27.6. The van der Waals surface area contributed by atoms with Gasteiger partial charge in [0.15, 0.2) is 5.58 Å². The maximum Gasteiger partial charge on any atom is 0.419 e. The zero-order valence-electron chi connectivity index (χ0n) is 20.4. The second-order valence-corrected chi connectivity index (χ2v) is 10.3. The number of benzene rings is 2. The lowest BCUT2D eigenvalue weighted by atomic mass is 9.80. The number of fused-ring (bicyclic) bond motifs is 1. The minimum absolute atomic E-state index is 0.0772. The molecule has 1 aromatic heterocycles. The minimum Gasteiger partial charge on any atom is -0.408 e. The summed E-state index contributed by atoms with van der Waals surface area (Å²) in [7, 11) is 1.59. The van der Waals surface area contributed by atoms with Gasteiger partial charge in [0.25, 0.3) is 0 Å². The van der Waals surface area contributed by atoms with E-state index in [1.165, 1.54) is 10.6 Å². The Kier molecular flexibility index (Phi) is 6.36. The number of aryl methyl sites for hydroxylation is 1. The molecular formula is C27H27F3N4O3. The van der Waals surface area contributed by atoms with Crippen LogP contribution in [0.4, 0.5) is 13.2 Å². The number of carbonyl (C=O) groups is 1. The molecule has 3 aromatic rings. The summed E-state index contributed by atoms with van der Waals surface area (Å²) in [5, 5.41) is 12.6. The summed E-state index contributed by atoms with van der Waals surface area (Å²) in [5.74, 6) is -0.128. The zero-order valence-corrected chi connectivity index (χ0v) is 20.4. The van der Waals surface area contributed by atoms with E-state index in [-0.39, 0.29) is 30.1 Å². The highest BCUT2D eigenvalue weighted by Gasteiger charge is 2.47. The van der Waals surface area contributed by atoms with Crippen LogP contribution in [0.25, 0.3) is 11.1 Å². The number of rotatable bonds is 7. The third-order valence-corrected chi connectivity index (χ3v) is 7.41. The van der Waals surface area contributed by atoms with Crippen molar-refractivity contribution in [2.24, 2.45) is 18.4 Å². The average molecular weight is 513 g/mol. The van der Waals surface area contributed by atoms with Crippen molar-refractivity contribution in [2.75, 3.05) is 13.1 Å². The van der Waals surface area contributed by atoms with Crippen molar-refractivity contribution < 1.29 is 22.4 Å². The fraction of sp³-hybridized carbons (Fsp3) is 0.444. The maximum absolute atomic E-state index is 14.1. The first-order chi connectivity index (χ1) is 17.6. The average Bonchev–Trinajstić information content (AvgIpc) is 3.47. The predicted molar refractivity (Wildman–Crippen MR) is 129 cm³/mol. The lowest BCUT2D eigenvalue weighted by molar-refractivity contribution is -0.143. The highest BCUT2D eigenvalue weighted by Crippen LogP contribution is 2.45. The molecule has 1 amide bonds. The molecular weight excluding hydrogens is 485 g/mol. The van der Waals surface area contributed by atoms with E-state index in [2.05, 4.69) is 5.32 Å². The Morgan fingerprint density at radius 1 is 1.22 bits per heavy atom. The summed E-state index contributed by atoms with van der Waals surface area (Å²) in [5.41, 5.74) is 0.294. The van der Waals surface area contributed by atoms with Gasteiger partial charge in [0.05, 0.1) is 28.1 Å². The first kappa shape index (κ1) is 25.1. The monoisotopic (exact) mass is 512 g/mol. The molecule has 2 heterocycles. The third kappa shape index (κ3) is 5.14. The van der Waals surface area contributed by atoms with Crippen molar-refractivity contribution in [1.29, 1.82) is 5.26 Å². The van der Waals surface area contributed by atoms with Gasteiger partial charge < -0.3 is 14.6 Å². The van der Waals surface area contributed by atoms with Crippen LogP contribution >= 0.6 is 0 Å². The van der Waals surface area contributed by atoms with Crippen molar-refractivity contribution >= 4 is 17.0 Å². The molecule has 1 atom stereocenters. The molecule has 2 aliphatic rings. The molecule has 7 nitrogen and oxygen atoms in total. The molecule has 0 spiro atoms. The molecule has 1 saturated heterocycles. The highest BCUT2D eigenvalue weighted by atomic mass is 19.4. The second-order valence-electron chi connectivity index (χ2n) is 10.3. The van der Waals surface area contributed by atoms with E-state index in [9.17, 15) is 28.0 Å². The van der Waals surface area contributed by atoms with Crippen LogP contribution in [0, 0.1) is 22.7 Å². The van der Waals surface area contributed by atoms with Crippen molar-refractivity contribution in [2.45, 2.75) is 44.9 Å².